The zero-order valence-corrected chi connectivity index (χ0v) is 19.0. The highest BCUT2D eigenvalue weighted by atomic mass is 16.6. The molecule has 2 aliphatic carbocycles. The fraction of sp³-hybridized carbons (Fsp3) is 0.731. The first-order valence-electron chi connectivity index (χ1n) is 12.3. The molecule has 6 atom stereocenters. The molecular formula is C26H36N2O3. The number of anilines is 1. The number of carbonyl (C=O) groups excluding carboxylic acids is 1. The van der Waals surface area contributed by atoms with Gasteiger partial charge in [-0.3, -0.25) is 9.69 Å². The molecule has 5 nitrogen and oxygen atoms in total. The molecule has 1 aromatic carbocycles. The molecule has 0 amide bonds. The average molecular weight is 425 g/mol. The van der Waals surface area contributed by atoms with Crippen molar-refractivity contribution < 1.29 is 14.3 Å². The molecule has 5 aliphatic rings. The van der Waals surface area contributed by atoms with Gasteiger partial charge < -0.3 is 14.4 Å². The van der Waals surface area contributed by atoms with Crippen molar-refractivity contribution in [1.82, 2.24) is 4.90 Å². The number of fused-ring (bicyclic) bond motifs is 3. The Balaban J connectivity index is 1.12. The number of hydrogen-bond acceptors (Lipinski definition) is 5. The zero-order valence-electron chi connectivity index (χ0n) is 19.0. The van der Waals surface area contributed by atoms with Crippen molar-refractivity contribution in [2.45, 2.75) is 57.7 Å². The van der Waals surface area contributed by atoms with E-state index in [1.807, 2.05) is 0 Å². The van der Waals surface area contributed by atoms with Gasteiger partial charge in [-0.2, -0.15) is 0 Å². The Bertz CT molecular complexity index is 860. The molecule has 5 heteroatoms. The van der Waals surface area contributed by atoms with Crippen LogP contribution in [0.3, 0.4) is 0 Å². The van der Waals surface area contributed by atoms with E-state index < -0.39 is 0 Å². The largest absolute Gasteiger partial charge is 0.462 e. The maximum atomic E-state index is 12.9. The first-order chi connectivity index (χ1) is 15.0. The van der Waals surface area contributed by atoms with Gasteiger partial charge in [0.25, 0.3) is 0 Å². The van der Waals surface area contributed by atoms with Crippen LogP contribution in [0.5, 0.6) is 0 Å². The monoisotopic (exact) mass is 424 g/mol. The Hall–Kier alpha value is -1.59. The van der Waals surface area contributed by atoms with E-state index in [0.717, 1.165) is 52.2 Å². The van der Waals surface area contributed by atoms with Crippen LogP contribution in [0.25, 0.3) is 0 Å². The van der Waals surface area contributed by atoms with Gasteiger partial charge in [0, 0.05) is 44.3 Å². The third kappa shape index (κ3) is 3.39. The normalized spacial score (nSPS) is 42.3. The Morgan fingerprint density at radius 1 is 1.16 bits per heavy atom. The molecule has 0 N–H and O–H groups in total. The summed E-state index contributed by atoms with van der Waals surface area (Å²) in [6, 6.07) is 8.78. The van der Waals surface area contributed by atoms with Crippen LogP contribution in [0.15, 0.2) is 24.3 Å². The summed E-state index contributed by atoms with van der Waals surface area (Å²) in [5.74, 6) is 1.08. The number of carbonyl (C=O) groups is 1. The number of hydrogen-bond donors (Lipinski definition) is 0. The number of rotatable bonds is 3. The van der Waals surface area contributed by atoms with E-state index in [0.29, 0.717) is 11.8 Å². The van der Waals surface area contributed by atoms with Gasteiger partial charge in [0.2, 0.25) is 0 Å². The molecule has 0 aromatic heterocycles. The summed E-state index contributed by atoms with van der Waals surface area (Å²) < 4.78 is 12.1. The van der Waals surface area contributed by atoms with Crippen molar-refractivity contribution in [3.05, 3.63) is 29.8 Å². The van der Waals surface area contributed by atoms with E-state index in [1.165, 1.54) is 30.5 Å². The van der Waals surface area contributed by atoms with Crippen molar-refractivity contribution in [2.75, 3.05) is 44.2 Å². The van der Waals surface area contributed by atoms with E-state index in [-0.39, 0.29) is 29.0 Å². The lowest BCUT2D eigenvalue weighted by Gasteiger charge is -2.51. The standard InChI is InChI=1S/C26H36N2O3/c1-18-5-3-6-19(13-18)28-11-9-27(10-12-28)16-21-20-14-23-25(2,15-22(20)31-24(21)29)7-4-8-26(23)17-30-26/h3,5-6,13,20-23H,4,7-12,14-17H2,1-2H3/t20-,21+,22-,23-,25-,26+/m1/s1. The van der Waals surface area contributed by atoms with Crippen LogP contribution in [0.4, 0.5) is 5.69 Å². The van der Waals surface area contributed by atoms with E-state index in [1.54, 1.807) is 0 Å². The molecule has 0 radical (unpaired) electrons. The molecule has 3 heterocycles. The minimum Gasteiger partial charge on any atom is -0.462 e. The summed E-state index contributed by atoms with van der Waals surface area (Å²) in [6.45, 7) is 10.5. The number of esters is 1. The van der Waals surface area contributed by atoms with Crippen LogP contribution >= 0.6 is 0 Å². The van der Waals surface area contributed by atoms with Crippen LogP contribution in [0.2, 0.25) is 0 Å². The van der Waals surface area contributed by atoms with Gasteiger partial charge in [-0.15, -0.1) is 0 Å². The number of aryl methyl sites for hydroxylation is 1. The van der Waals surface area contributed by atoms with E-state index in [4.69, 9.17) is 9.47 Å². The lowest BCUT2D eigenvalue weighted by Crippen LogP contribution is -2.52. The molecule has 31 heavy (non-hydrogen) atoms. The van der Waals surface area contributed by atoms with Crippen LogP contribution in [0, 0.1) is 30.1 Å². The molecule has 3 saturated heterocycles. The molecule has 1 aromatic rings. The predicted octanol–water partition coefficient (Wildman–Crippen LogP) is 3.64. The highest BCUT2D eigenvalue weighted by Gasteiger charge is 2.65. The van der Waals surface area contributed by atoms with Crippen molar-refractivity contribution in [3.63, 3.8) is 0 Å². The number of piperazine rings is 1. The van der Waals surface area contributed by atoms with Crippen molar-refractivity contribution in [3.8, 4) is 0 Å². The summed E-state index contributed by atoms with van der Waals surface area (Å²) >= 11 is 0. The number of epoxide rings is 1. The third-order valence-corrected chi connectivity index (χ3v) is 9.27. The van der Waals surface area contributed by atoms with Gasteiger partial charge in [0.1, 0.15) is 6.10 Å². The molecular weight excluding hydrogens is 388 g/mol. The lowest BCUT2D eigenvalue weighted by atomic mass is 9.53. The van der Waals surface area contributed by atoms with Gasteiger partial charge in [0.05, 0.1) is 18.1 Å². The van der Waals surface area contributed by atoms with Crippen LogP contribution in [-0.2, 0) is 14.3 Å². The average Bonchev–Trinajstić information content (AvgIpc) is 3.45. The van der Waals surface area contributed by atoms with Gasteiger partial charge in [-0.1, -0.05) is 19.1 Å². The van der Waals surface area contributed by atoms with Gasteiger partial charge >= 0.3 is 5.97 Å². The number of nitrogens with zero attached hydrogens (tertiary/aromatic N) is 2. The quantitative estimate of drug-likeness (QED) is 0.548. The minimum atomic E-state index is 0.0396. The second kappa shape index (κ2) is 7.21. The fourth-order valence-corrected chi connectivity index (χ4v) is 7.46. The highest BCUT2D eigenvalue weighted by Crippen LogP contribution is 2.62. The molecule has 0 unspecified atom stereocenters. The Morgan fingerprint density at radius 3 is 2.71 bits per heavy atom. The second-order valence-corrected chi connectivity index (χ2v) is 11.2. The zero-order chi connectivity index (χ0) is 21.2. The van der Waals surface area contributed by atoms with Crippen LogP contribution < -0.4 is 4.90 Å². The Kier molecular flexibility index (Phi) is 4.66. The summed E-state index contributed by atoms with van der Waals surface area (Å²) in [6.07, 6.45) is 6.01. The molecule has 6 rings (SSSR count). The summed E-state index contributed by atoms with van der Waals surface area (Å²) in [4.78, 5) is 17.9. The van der Waals surface area contributed by atoms with Crippen molar-refractivity contribution in [2.24, 2.45) is 23.2 Å². The van der Waals surface area contributed by atoms with Gasteiger partial charge in [-0.05, 0) is 68.1 Å². The van der Waals surface area contributed by atoms with E-state index in [2.05, 4.69) is 47.9 Å². The maximum Gasteiger partial charge on any atom is 0.310 e. The fourth-order valence-electron chi connectivity index (χ4n) is 7.46. The molecule has 3 aliphatic heterocycles. The van der Waals surface area contributed by atoms with Crippen LogP contribution in [-0.4, -0.2) is 61.9 Å². The smallest absolute Gasteiger partial charge is 0.310 e. The second-order valence-electron chi connectivity index (χ2n) is 11.2. The van der Waals surface area contributed by atoms with E-state index >= 15 is 0 Å². The third-order valence-electron chi connectivity index (χ3n) is 9.27. The first-order valence-corrected chi connectivity index (χ1v) is 12.3. The van der Waals surface area contributed by atoms with Crippen molar-refractivity contribution >= 4 is 11.7 Å². The number of benzene rings is 1. The molecule has 2 saturated carbocycles. The maximum absolute atomic E-state index is 12.9. The topological polar surface area (TPSA) is 45.3 Å². The minimum absolute atomic E-state index is 0.0396. The first kappa shape index (κ1) is 20.0. The molecule has 1 spiro atoms. The lowest BCUT2D eigenvalue weighted by molar-refractivity contribution is -0.147. The van der Waals surface area contributed by atoms with Crippen LogP contribution in [0.1, 0.15) is 44.6 Å². The molecule has 5 fully saturated rings. The van der Waals surface area contributed by atoms with Gasteiger partial charge in [0.15, 0.2) is 0 Å². The van der Waals surface area contributed by atoms with E-state index in [9.17, 15) is 4.79 Å². The SMILES string of the molecule is Cc1cccc(N2CCN(C[C@@H]3C(=O)O[C@@H]4C[C@@]5(C)CCC[C@]6(CO6)[C@@H]5C[C@H]34)CC2)c1. The summed E-state index contributed by atoms with van der Waals surface area (Å²) in [5.41, 5.74) is 3.04. The number of ether oxygens (including phenoxy) is 2. The molecule has 0 bridgehead atoms. The Morgan fingerprint density at radius 2 is 1.97 bits per heavy atom. The molecule has 168 valence electrons. The predicted molar refractivity (Wildman–Crippen MR) is 120 cm³/mol. The highest BCUT2D eigenvalue weighted by molar-refractivity contribution is 5.75. The van der Waals surface area contributed by atoms with Gasteiger partial charge in [-0.25, -0.2) is 0 Å². The summed E-state index contributed by atoms with van der Waals surface area (Å²) in [7, 11) is 0. The van der Waals surface area contributed by atoms with Crippen molar-refractivity contribution in [1.29, 1.82) is 0 Å². The summed E-state index contributed by atoms with van der Waals surface area (Å²) in [5, 5.41) is 0. The Labute approximate surface area is 186 Å².